The molecular formula is C27H35N9O. The van der Waals surface area contributed by atoms with Gasteiger partial charge in [-0.25, -0.2) is 4.98 Å². The monoisotopic (exact) mass is 501 g/mol. The van der Waals surface area contributed by atoms with Gasteiger partial charge in [0, 0.05) is 69.4 Å². The number of carbonyl (C=O) groups excluding carboxylic acids is 1. The molecule has 4 heterocycles. The lowest BCUT2D eigenvalue weighted by Crippen LogP contribution is -2.48. The van der Waals surface area contributed by atoms with Crippen molar-refractivity contribution in [1.29, 1.82) is 5.41 Å². The fraction of sp³-hybridized carbons (Fsp3) is 0.407. The van der Waals surface area contributed by atoms with Gasteiger partial charge in [-0.05, 0) is 48.7 Å². The zero-order valence-corrected chi connectivity index (χ0v) is 21.7. The quantitative estimate of drug-likeness (QED) is 0.285. The third-order valence-electron chi connectivity index (χ3n) is 6.50. The number of piperazine rings is 1. The Kier molecular flexibility index (Phi) is 8.73. The first-order valence-electron chi connectivity index (χ1n) is 12.7. The molecule has 0 unspecified atom stereocenters. The maximum atomic E-state index is 11.5. The van der Waals surface area contributed by atoms with E-state index in [1.165, 1.54) is 6.21 Å². The Morgan fingerprint density at radius 1 is 1.11 bits per heavy atom. The molecule has 3 N–H and O–H groups in total. The van der Waals surface area contributed by atoms with Crippen LogP contribution in [-0.4, -0.2) is 81.4 Å². The number of aromatic nitrogens is 4. The van der Waals surface area contributed by atoms with E-state index in [1.807, 2.05) is 35.4 Å². The van der Waals surface area contributed by atoms with Gasteiger partial charge in [-0.15, -0.1) is 5.10 Å². The number of pyridine rings is 2. The lowest BCUT2D eigenvalue weighted by Gasteiger charge is -2.34. The van der Waals surface area contributed by atoms with Crippen LogP contribution in [0.5, 0.6) is 0 Å². The number of allylic oxidation sites excluding steroid dienone is 1. The number of rotatable bonds is 10. The van der Waals surface area contributed by atoms with Crippen LogP contribution in [0.15, 0.2) is 42.9 Å². The summed E-state index contributed by atoms with van der Waals surface area (Å²) in [7, 11) is 0. The molecule has 4 rings (SSSR count). The van der Waals surface area contributed by atoms with Gasteiger partial charge in [0.2, 0.25) is 5.91 Å². The van der Waals surface area contributed by atoms with E-state index in [1.54, 1.807) is 19.3 Å². The Morgan fingerprint density at radius 3 is 2.65 bits per heavy atom. The number of nitrogens with one attached hydrogen (secondary N) is 3. The Labute approximate surface area is 217 Å². The fourth-order valence-corrected chi connectivity index (χ4v) is 4.21. The molecule has 37 heavy (non-hydrogen) atoms. The zero-order chi connectivity index (χ0) is 26.2. The van der Waals surface area contributed by atoms with Crippen LogP contribution in [0.1, 0.15) is 44.2 Å². The molecule has 0 aliphatic carbocycles. The maximum absolute atomic E-state index is 11.5. The number of anilines is 2. The van der Waals surface area contributed by atoms with Crippen LogP contribution in [0, 0.1) is 5.41 Å². The Hall–Kier alpha value is -3.92. The number of hydrogen-bond donors (Lipinski definition) is 3. The number of hydrogen-bond acceptors (Lipinski definition) is 9. The number of carbonyl (C=O) groups is 1. The number of fused-ring (bicyclic) bond motifs is 1. The summed E-state index contributed by atoms with van der Waals surface area (Å²) in [4.78, 5) is 25.0. The van der Waals surface area contributed by atoms with Crippen LogP contribution in [0.4, 0.5) is 11.6 Å². The summed E-state index contributed by atoms with van der Waals surface area (Å²) in [6.45, 7) is 11.1. The summed E-state index contributed by atoms with van der Waals surface area (Å²) in [5.41, 5.74) is 4.17. The second-order valence-corrected chi connectivity index (χ2v) is 9.51. The normalized spacial score (nSPS) is 14.7. The van der Waals surface area contributed by atoms with Crippen LogP contribution >= 0.6 is 0 Å². The predicted molar refractivity (Wildman–Crippen MR) is 147 cm³/mol. The molecule has 0 aromatic carbocycles. The summed E-state index contributed by atoms with van der Waals surface area (Å²) in [5.74, 6) is 1.81. The standard InChI is InChI=1S/C27H35N9O/c1-19(2)21-14-27(34-31-18-21)33-26-6-5-24-25(32-26)13-22(17-30-24)23(15-28)16-29-7-4-8-35-9-11-36(12-10-35)20(3)37/h5-6,13-19,28-29H,4,7-12H2,1-3H3,(H,32,33,34)/b23-16+,28-15?. The van der Waals surface area contributed by atoms with E-state index in [9.17, 15) is 4.79 Å². The van der Waals surface area contributed by atoms with E-state index in [0.717, 1.165) is 73.4 Å². The molecule has 1 aliphatic heterocycles. The second-order valence-electron chi connectivity index (χ2n) is 9.51. The van der Waals surface area contributed by atoms with Crippen molar-refractivity contribution in [3.8, 4) is 0 Å². The lowest BCUT2D eigenvalue weighted by atomic mass is 10.1. The molecule has 1 saturated heterocycles. The van der Waals surface area contributed by atoms with E-state index in [2.05, 4.69) is 44.6 Å². The van der Waals surface area contributed by atoms with Crippen molar-refractivity contribution in [3.63, 3.8) is 0 Å². The Bertz CT molecular complexity index is 1270. The van der Waals surface area contributed by atoms with E-state index in [-0.39, 0.29) is 5.91 Å². The first-order valence-corrected chi connectivity index (χ1v) is 12.7. The summed E-state index contributed by atoms with van der Waals surface area (Å²) >= 11 is 0. The molecule has 194 valence electrons. The van der Waals surface area contributed by atoms with Crippen LogP contribution in [0.3, 0.4) is 0 Å². The van der Waals surface area contributed by atoms with Gasteiger partial charge in [-0.1, -0.05) is 13.8 Å². The topological polar surface area (TPSA) is 123 Å². The first-order chi connectivity index (χ1) is 17.9. The third kappa shape index (κ3) is 7.07. The SMILES string of the molecule is CC(=O)N1CCN(CCCN/C=C(\C=N)c2cnc3ccc(Nc4cc(C(C)C)cnn4)nc3c2)CC1. The molecule has 3 aromatic heterocycles. The minimum atomic E-state index is 0.155. The van der Waals surface area contributed by atoms with Gasteiger partial charge in [0.15, 0.2) is 5.82 Å². The highest BCUT2D eigenvalue weighted by molar-refractivity contribution is 6.08. The van der Waals surface area contributed by atoms with Gasteiger partial charge in [-0.3, -0.25) is 14.7 Å². The summed E-state index contributed by atoms with van der Waals surface area (Å²) < 4.78 is 0. The average molecular weight is 502 g/mol. The minimum absolute atomic E-state index is 0.155. The molecule has 0 atom stereocenters. The second kappa shape index (κ2) is 12.4. The molecule has 0 spiro atoms. The molecule has 0 bridgehead atoms. The van der Waals surface area contributed by atoms with Crippen molar-refractivity contribution < 1.29 is 4.79 Å². The third-order valence-corrected chi connectivity index (χ3v) is 6.50. The van der Waals surface area contributed by atoms with Gasteiger partial charge in [0.25, 0.3) is 0 Å². The van der Waals surface area contributed by atoms with Crippen LogP contribution in [-0.2, 0) is 4.79 Å². The van der Waals surface area contributed by atoms with Crippen molar-refractivity contribution in [2.24, 2.45) is 0 Å². The van der Waals surface area contributed by atoms with Crippen molar-refractivity contribution >= 4 is 40.4 Å². The van der Waals surface area contributed by atoms with Gasteiger partial charge < -0.3 is 20.9 Å². The highest BCUT2D eigenvalue weighted by atomic mass is 16.2. The molecule has 0 saturated carbocycles. The summed E-state index contributed by atoms with van der Waals surface area (Å²) in [5, 5.41) is 22.7. The highest BCUT2D eigenvalue weighted by Crippen LogP contribution is 2.21. The summed E-state index contributed by atoms with van der Waals surface area (Å²) in [6, 6.07) is 7.70. The molecule has 1 amide bonds. The lowest BCUT2D eigenvalue weighted by molar-refractivity contribution is -0.130. The zero-order valence-electron chi connectivity index (χ0n) is 21.7. The highest BCUT2D eigenvalue weighted by Gasteiger charge is 2.17. The van der Waals surface area contributed by atoms with E-state index < -0.39 is 0 Å². The fourth-order valence-electron chi connectivity index (χ4n) is 4.21. The minimum Gasteiger partial charge on any atom is -0.390 e. The van der Waals surface area contributed by atoms with Gasteiger partial charge in [-0.2, -0.15) is 5.10 Å². The van der Waals surface area contributed by atoms with Crippen LogP contribution in [0.25, 0.3) is 16.6 Å². The molecule has 0 radical (unpaired) electrons. The van der Waals surface area contributed by atoms with Gasteiger partial charge in [0.1, 0.15) is 5.82 Å². The van der Waals surface area contributed by atoms with Crippen molar-refractivity contribution in [2.45, 2.75) is 33.1 Å². The van der Waals surface area contributed by atoms with Crippen molar-refractivity contribution in [1.82, 2.24) is 35.3 Å². The van der Waals surface area contributed by atoms with Crippen LogP contribution in [0.2, 0.25) is 0 Å². The predicted octanol–water partition coefficient (Wildman–Crippen LogP) is 3.42. The Balaban J connectivity index is 1.35. The van der Waals surface area contributed by atoms with Gasteiger partial charge in [0.05, 0.1) is 17.2 Å². The van der Waals surface area contributed by atoms with Crippen molar-refractivity contribution in [2.75, 3.05) is 44.6 Å². The molecule has 3 aromatic rings. The smallest absolute Gasteiger partial charge is 0.219 e. The average Bonchev–Trinajstić information content (AvgIpc) is 2.90. The Morgan fingerprint density at radius 2 is 1.92 bits per heavy atom. The molecule has 1 fully saturated rings. The first kappa shape index (κ1) is 26.2. The number of nitrogens with zero attached hydrogens (tertiary/aromatic N) is 6. The summed E-state index contributed by atoms with van der Waals surface area (Å²) in [6.07, 6.45) is 7.71. The van der Waals surface area contributed by atoms with Gasteiger partial charge >= 0.3 is 0 Å². The van der Waals surface area contributed by atoms with E-state index in [4.69, 9.17) is 10.4 Å². The van der Waals surface area contributed by atoms with Crippen LogP contribution < -0.4 is 10.6 Å². The van der Waals surface area contributed by atoms with E-state index >= 15 is 0 Å². The number of amides is 1. The van der Waals surface area contributed by atoms with E-state index in [0.29, 0.717) is 17.6 Å². The molecule has 10 nitrogen and oxygen atoms in total. The van der Waals surface area contributed by atoms with Crippen molar-refractivity contribution in [3.05, 3.63) is 54.0 Å². The maximum Gasteiger partial charge on any atom is 0.219 e. The molecule has 10 heteroatoms. The molecular weight excluding hydrogens is 466 g/mol. The largest absolute Gasteiger partial charge is 0.390 e. The molecule has 1 aliphatic rings.